The van der Waals surface area contributed by atoms with E-state index >= 15 is 0 Å². The van der Waals surface area contributed by atoms with Crippen molar-refractivity contribution in [1.82, 2.24) is 15.0 Å². The summed E-state index contributed by atoms with van der Waals surface area (Å²) in [7, 11) is 0. The lowest BCUT2D eigenvalue weighted by Gasteiger charge is -2.31. The summed E-state index contributed by atoms with van der Waals surface area (Å²) in [5.74, 6) is 0.742. The second-order valence-corrected chi connectivity index (χ2v) is 7.86. The van der Waals surface area contributed by atoms with Gasteiger partial charge in [0.05, 0.1) is 11.6 Å². The Morgan fingerprint density at radius 2 is 2.00 bits per heavy atom. The van der Waals surface area contributed by atoms with Crippen LogP contribution in [0.4, 0.5) is 11.1 Å². The van der Waals surface area contributed by atoms with Crippen LogP contribution in [-0.4, -0.2) is 33.9 Å². The third-order valence-electron chi connectivity index (χ3n) is 4.95. The molecule has 4 rings (SSSR count). The molecule has 1 fully saturated rings. The highest BCUT2D eigenvalue weighted by Crippen LogP contribution is 2.30. The largest absolute Gasteiger partial charge is 0.340 e. The van der Waals surface area contributed by atoms with Crippen molar-refractivity contribution in [3.63, 3.8) is 0 Å². The normalized spacial score (nSPS) is 20.6. The van der Waals surface area contributed by atoms with Crippen molar-refractivity contribution >= 4 is 28.3 Å². The van der Waals surface area contributed by atoms with Gasteiger partial charge in [0.2, 0.25) is 11.9 Å². The van der Waals surface area contributed by atoms with Crippen LogP contribution in [0, 0.1) is 5.92 Å². The zero-order chi connectivity index (χ0) is 17.1. The fraction of sp³-hybridized carbons (Fsp3) is 0.556. The molecular formula is C18H23N5OS. The fourth-order valence-corrected chi connectivity index (χ4v) is 4.67. The summed E-state index contributed by atoms with van der Waals surface area (Å²) in [6.45, 7) is 1.57. The SMILES string of the molecule is O=C(Nc1nc2c(s1)CCCCC2)[C@@H]1CCCN(c2ncccn2)C1. The van der Waals surface area contributed by atoms with Crippen LogP contribution in [0.15, 0.2) is 18.5 Å². The van der Waals surface area contributed by atoms with E-state index < -0.39 is 0 Å². The van der Waals surface area contributed by atoms with E-state index in [9.17, 15) is 4.79 Å². The molecule has 0 bridgehead atoms. The van der Waals surface area contributed by atoms with Crippen LogP contribution < -0.4 is 10.2 Å². The summed E-state index contributed by atoms with van der Waals surface area (Å²) >= 11 is 1.66. The highest BCUT2D eigenvalue weighted by molar-refractivity contribution is 7.15. The molecule has 6 nitrogen and oxygen atoms in total. The van der Waals surface area contributed by atoms with Crippen LogP contribution in [-0.2, 0) is 17.6 Å². The molecule has 1 saturated heterocycles. The van der Waals surface area contributed by atoms with Crippen LogP contribution in [0.3, 0.4) is 0 Å². The first-order chi connectivity index (χ1) is 12.3. The molecule has 2 aliphatic rings. The summed E-state index contributed by atoms with van der Waals surface area (Å²) in [5.41, 5.74) is 1.20. The van der Waals surface area contributed by atoms with Gasteiger partial charge in [-0.3, -0.25) is 4.79 Å². The van der Waals surface area contributed by atoms with E-state index in [1.807, 2.05) is 6.07 Å². The summed E-state index contributed by atoms with van der Waals surface area (Å²) in [6, 6.07) is 1.81. The predicted molar refractivity (Wildman–Crippen MR) is 99.0 cm³/mol. The maximum absolute atomic E-state index is 12.7. The molecule has 1 atom stereocenters. The van der Waals surface area contributed by atoms with E-state index in [0.717, 1.165) is 37.4 Å². The summed E-state index contributed by atoms with van der Waals surface area (Å²) in [6.07, 6.45) is 11.2. The molecule has 1 aliphatic carbocycles. The maximum Gasteiger partial charge on any atom is 0.231 e. The lowest BCUT2D eigenvalue weighted by atomic mass is 9.97. The summed E-state index contributed by atoms with van der Waals surface area (Å²) in [5, 5.41) is 3.83. The van der Waals surface area contributed by atoms with E-state index in [4.69, 9.17) is 0 Å². The lowest BCUT2D eigenvalue weighted by molar-refractivity contribution is -0.120. The number of piperidine rings is 1. The number of carbonyl (C=O) groups is 1. The minimum absolute atomic E-state index is 0.0405. The van der Waals surface area contributed by atoms with E-state index in [2.05, 4.69) is 25.2 Å². The van der Waals surface area contributed by atoms with Crippen LogP contribution in [0.2, 0.25) is 0 Å². The quantitative estimate of drug-likeness (QED) is 0.855. The van der Waals surface area contributed by atoms with Crippen molar-refractivity contribution in [2.24, 2.45) is 5.92 Å². The first kappa shape index (κ1) is 16.4. The number of amides is 1. The monoisotopic (exact) mass is 357 g/mol. The minimum atomic E-state index is -0.0405. The molecule has 25 heavy (non-hydrogen) atoms. The molecule has 3 heterocycles. The van der Waals surface area contributed by atoms with Crippen LogP contribution in [0.5, 0.6) is 0 Å². The zero-order valence-corrected chi connectivity index (χ0v) is 15.1. The number of fused-ring (bicyclic) bond motifs is 1. The predicted octanol–water partition coefficient (Wildman–Crippen LogP) is 3.06. The Morgan fingerprint density at radius 3 is 2.88 bits per heavy atom. The number of hydrogen-bond acceptors (Lipinski definition) is 6. The number of aromatic nitrogens is 3. The molecule has 1 amide bonds. The first-order valence-corrected chi connectivity index (χ1v) is 9.92. The molecule has 2 aromatic heterocycles. The Balaban J connectivity index is 1.41. The van der Waals surface area contributed by atoms with Crippen molar-refractivity contribution in [3.8, 4) is 0 Å². The van der Waals surface area contributed by atoms with Gasteiger partial charge in [-0.15, -0.1) is 11.3 Å². The molecule has 0 radical (unpaired) electrons. The molecule has 0 spiro atoms. The standard InChI is InChI=1S/C18H23N5OS/c24-16(22-18-21-14-7-2-1-3-8-15(14)25-18)13-6-4-11-23(12-13)17-19-9-5-10-20-17/h5,9-10,13H,1-4,6-8,11-12H2,(H,21,22,24)/t13-/m1/s1. The number of carbonyl (C=O) groups excluding carboxylic acids is 1. The summed E-state index contributed by atoms with van der Waals surface area (Å²) < 4.78 is 0. The zero-order valence-electron chi connectivity index (χ0n) is 14.3. The first-order valence-electron chi connectivity index (χ1n) is 9.11. The Morgan fingerprint density at radius 1 is 1.16 bits per heavy atom. The highest BCUT2D eigenvalue weighted by atomic mass is 32.1. The third-order valence-corrected chi connectivity index (χ3v) is 6.03. The number of anilines is 2. The molecule has 0 unspecified atom stereocenters. The van der Waals surface area contributed by atoms with Crippen molar-refractivity contribution in [1.29, 1.82) is 0 Å². The van der Waals surface area contributed by atoms with E-state index in [1.165, 1.54) is 29.8 Å². The molecular weight excluding hydrogens is 334 g/mol. The molecule has 0 aromatic carbocycles. The average molecular weight is 357 g/mol. The summed E-state index contributed by atoms with van der Waals surface area (Å²) in [4.78, 5) is 29.5. The van der Waals surface area contributed by atoms with Gasteiger partial charge < -0.3 is 10.2 Å². The Kier molecular flexibility index (Phi) is 4.92. The van der Waals surface area contributed by atoms with Crippen molar-refractivity contribution in [2.75, 3.05) is 23.3 Å². The third kappa shape index (κ3) is 3.81. The average Bonchev–Trinajstić information content (AvgIpc) is 2.90. The van der Waals surface area contributed by atoms with Crippen LogP contribution >= 0.6 is 11.3 Å². The molecule has 1 aliphatic heterocycles. The van der Waals surface area contributed by atoms with E-state index in [0.29, 0.717) is 12.5 Å². The Labute approximate surface area is 151 Å². The molecule has 0 saturated carbocycles. The van der Waals surface area contributed by atoms with Gasteiger partial charge in [0.1, 0.15) is 0 Å². The van der Waals surface area contributed by atoms with Crippen molar-refractivity contribution < 1.29 is 4.79 Å². The fourth-order valence-electron chi connectivity index (χ4n) is 3.62. The Hall–Kier alpha value is -2.02. The molecule has 7 heteroatoms. The molecule has 132 valence electrons. The van der Waals surface area contributed by atoms with Gasteiger partial charge in [-0.05, 0) is 44.6 Å². The van der Waals surface area contributed by atoms with Gasteiger partial charge in [-0.1, -0.05) is 6.42 Å². The number of nitrogens with zero attached hydrogens (tertiary/aromatic N) is 4. The van der Waals surface area contributed by atoms with Crippen molar-refractivity contribution in [3.05, 3.63) is 29.0 Å². The van der Waals surface area contributed by atoms with E-state index in [1.54, 1.807) is 23.7 Å². The highest BCUT2D eigenvalue weighted by Gasteiger charge is 2.28. The Bertz CT molecular complexity index is 709. The second-order valence-electron chi connectivity index (χ2n) is 6.77. The van der Waals surface area contributed by atoms with Gasteiger partial charge in [-0.25, -0.2) is 15.0 Å². The van der Waals surface area contributed by atoms with Crippen LogP contribution in [0.25, 0.3) is 0 Å². The number of nitrogens with one attached hydrogen (secondary N) is 1. The topological polar surface area (TPSA) is 71.0 Å². The van der Waals surface area contributed by atoms with Gasteiger partial charge in [-0.2, -0.15) is 0 Å². The minimum Gasteiger partial charge on any atom is -0.340 e. The molecule has 1 N–H and O–H groups in total. The van der Waals surface area contributed by atoms with Gasteiger partial charge in [0.25, 0.3) is 0 Å². The van der Waals surface area contributed by atoms with Gasteiger partial charge >= 0.3 is 0 Å². The number of thiazole rings is 1. The smallest absolute Gasteiger partial charge is 0.231 e. The van der Waals surface area contributed by atoms with E-state index in [-0.39, 0.29) is 11.8 Å². The lowest BCUT2D eigenvalue weighted by Crippen LogP contribution is -2.41. The maximum atomic E-state index is 12.7. The number of hydrogen-bond donors (Lipinski definition) is 1. The second kappa shape index (κ2) is 7.47. The number of aryl methyl sites for hydroxylation is 2. The van der Waals surface area contributed by atoms with Gasteiger partial charge in [0.15, 0.2) is 5.13 Å². The van der Waals surface area contributed by atoms with Crippen molar-refractivity contribution in [2.45, 2.75) is 44.9 Å². The van der Waals surface area contributed by atoms with Gasteiger partial charge in [0, 0.05) is 30.4 Å². The molecule has 2 aromatic rings. The number of rotatable bonds is 3. The van der Waals surface area contributed by atoms with Crippen LogP contribution in [0.1, 0.15) is 42.7 Å².